The average molecular weight is 299 g/mol. The Morgan fingerprint density at radius 1 is 1.47 bits per heavy atom. The minimum atomic E-state index is -0.459. The van der Waals surface area contributed by atoms with Crippen LogP contribution in [0.25, 0.3) is 0 Å². The third-order valence-electron chi connectivity index (χ3n) is 2.87. The number of hydrogen-bond acceptors (Lipinski definition) is 2. The molecule has 0 aliphatic rings. The third-order valence-corrected chi connectivity index (χ3v) is 3.33. The Kier molecular flexibility index (Phi) is 5.15. The molecule has 0 spiro atoms. The molecule has 0 aromatic heterocycles. The van der Waals surface area contributed by atoms with Crippen molar-refractivity contribution in [3.63, 3.8) is 0 Å². The predicted molar refractivity (Wildman–Crippen MR) is 74.9 cm³/mol. The summed E-state index contributed by atoms with van der Waals surface area (Å²) in [7, 11) is 0. The van der Waals surface area contributed by atoms with E-state index in [1.807, 2.05) is 39.0 Å². The highest BCUT2D eigenvalue weighted by Gasteiger charge is 2.19. The molecule has 0 saturated heterocycles. The van der Waals surface area contributed by atoms with Crippen LogP contribution in [0, 0.1) is 12.8 Å². The summed E-state index contributed by atoms with van der Waals surface area (Å²) in [5.74, 6) is 0.0556. The first-order valence-electron chi connectivity index (χ1n) is 5.77. The van der Waals surface area contributed by atoms with Crippen molar-refractivity contribution in [2.75, 3.05) is 5.32 Å². The van der Waals surface area contributed by atoms with Crippen LogP contribution < -0.4 is 11.1 Å². The first-order chi connectivity index (χ1) is 7.93. The van der Waals surface area contributed by atoms with Crippen molar-refractivity contribution < 1.29 is 4.79 Å². The van der Waals surface area contributed by atoms with Gasteiger partial charge in [-0.05, 0) is 36.6 Å². The molecule has 1 aromatic rings. The lowest BCUT2D eigenvalue weighted by atomic mass is 9.99. The van der Waals surface area contributed by atoms with E-state index < -0.39 is 6.04 Å². The van der Waals surface area contributed by atoms with E-state index in [2.05, 4.69) is 21.2 Å². The van der Waals surface area contributed by atoms with Gasteiger partial charge in [0.2, 0.25) is 5.91 Å². The fourth-order valence-electron chi connectivity index (χ4n) is 1.55. The van der Waals surface area contributed by atoms with Gasteiger partial charge in [-0.1, -0.05) is 36.2 Å². The van der Waals surface area contributed by atoms with Gasteiger partial charge in [-0.2, -0.15) is 0 Å². The molecule has 1 rings (SSSR count). The monoisotopic (exact) mass is 298 g/mol. The molecule has 3 N–H and O–H groups in total. The maximum Gasteiger partial charge on any atom is 0.241 e. The Morgan fingerprint density at radius 3 is 2.65 bits per heavy atom. The van der Waals surface area contributed by atoms with Crippen molar-refractivity contribution in [3.05, 3.63) is 28.2 Å². The van der Waals surface area contributed by atoms with Crippen LogP contribution in [-0.2, 0) is 4.79 Å². The topological polar surface area (TPSA) is 55.1 Å². The maximum absolute atomic E-state index is 11.9. The zero-order valence-electron chi connectivity index (χ0n) is 10.5. The van der Waals surface area contributed by atoms with E-state index in [0.29, 0.717) is 0 Å². The van der Waals surface area contributed by atoms with E-state index in [9.17, 15) is 4.79 Å². The van der Waals surface area contributed by atoms with Crippen molar-refractivity contribution >= 4 is 27.5 Å². The zero-order chi connectivity index (χ0) is 13.0. The van der Waals surface area contributed by atoms with Gasteiger partial charge in [0.05, 0.1) is 6.04 Å². The summed E-state index contributed by atoms with van der Waals surface area (Å²) in [6.07, 6.45) is 0.895. The molecule has 1 aromatic carbocycles. The van der Waals surface area contributed by atoms with Crippen molar-refractivity contribution in [1.82, 2.24) is 0 Å². The molecule has 0 fully saturated rings. The van der Waals surface area contributed by atoms with E-state index in [4.69, 9.17) is 5.73 Å². The molecular weight excluding hydrogens is 280 g/mol. The lowest BCUT2D eigenvalue weighted by Gasteiger charge is -2.18. The molecule has 0 aliphatic carbocycles. The second-order valence-electron chi connectivity index (χ2n) is 4.42. The average Bonchev–Trinajstić information content (AvgIpc) is 2.25. The minimum Gasteiger partial charge on any atom is -0.325 e. The van der Waals surface area contributed by atoms with Gasteiger partial charge in [0.25, 0.3) is 0 Å². The quantitative estimate of drug-likeness (QED) is 0.897. The molecule has 17 heavy (non-hydrogen) atoms. The second-order valence-corrected chi connectivity index (χ2v) is 5.33. The van der Waals surface area contributed by atoms with Crippen molar-refractivity contribution in [1.29, 1.82) is 0 Å². The highest BCUT2D eigenvalue weighted by atomic mass is 79.9. The summed E-state index contributed by atoms with van der Waals surface area (Å²) in [6.45, 7) is 5.99. The number of nitrogens with one attached hydrogen (secondary N) is 1. The molecule has 3 nitrogen and oxygen atoms in total. The standard InChI is InChI=1S/C13H19BrN2O/c1-4-9(3)12(15)13(17)16-11-6-8(2)5-10(14)7-11/h5-7,9,12H,4,15H2,1-3H3,(H,16,17)/t9-,12-/m0/s1. The fraction of sp³-hybridized carbons (Fsp3) is 0.462. The number of halogens is 1. The molecule has 0 bridgehead atoms. The molecule has 0 unspecified atom stereocenters. The van der Waals surface area contributed by atoms with E-state index in [0.717, 1.165) is 22.1 Å². The molecule has 0 radical (unpaired) electrons. The largest absolute Gasteiger partial charge is 0.325 e. The summed E-state index contributed by atoms with van der Waals surface area (Å²) < 4.78 is 0.949. The SMILES string of the molecule is CC[C@H](C)[C@H](N)C(=O)Nc1cc(C)cc(Br)c1. The summed E-state index contributed by atoms with van der Waals surface area (Å²) in [6, 6.07) is 5.32. The lowest BCUT2D eigenvalue weighted by Crippen LogP contribution is -2.40. The smallest absolute Gasteiger partial charge is 0.241 e. The zero-order valence-corrected chi connectivity index (χ0v) is 12.0. The summed E-state index contributed by atoms with van der Waals surface area (Å²) in [5, 5.41) is 2.84. The summed E-state index contributed by atoms with van der Waals surface area (Å²) >= 11 is 3.40. The predicted octanol–water partition coefficient (Wildman–Crippen LogP) is 3.07. The second kappa shape index (κ2) is 6.17. The van der Waals surface area contributed by atoms with Gasteiger partial charge in [-0.25, -0.2) is 0 Å². The van der Waals surface area contributed by atoms with Gasteiger partial charge >= 0.3 is 0 Å². The molecular formula is C13H19BrN2O. The van der Waals surface area contributed by atoms with Gasteiger partial charge in [-0.15, -0.1) is 0 Å². The van der Waals surface area contributed by atoms with Crippen LogP contribution in [-0.4, -0.2) is 11.9 Å². The van der Waals surface area contributed by atoms with Gasteiger partial charge in [-0.3, -0.25) is 4.79 Å². The Hall–Kier alpha value is -0.870. The van der Waals surface area contributed by atoms with Crippen molar-refractivity contribution in [2.24, 2.45) is 11.7 Å². The Labute approximate surface area is 111 Å². The third kappa shape index (κ3) is 4.13. The van der Waals surface area contributed by atoms with E-state index in [-0.39, 0.29) is 11.8 Å². The number of nitrogens with two attached hydrogens (primary N) is 1. The lowest BCUT2D eigenvalue weighted by molar-refractivity contribution is -0.118. The number of rotatable bonds is 4. The summed E-state index contributed by atoms with van der Waals surface area (Å²) in [4.78, 5) is 11.9. The number of anilines is 1. The number of carbonyl (C=O) groups is 1. The molecule has 0 saturated carbocycles. The maximum atomic E-state index is 11.9. The highest BCUT2D eigenvalue weighted by Crippen LogP contribution is 2.19. The Bertz CT molecular complexity index is 386. The Morgan fingerprint density at radius 2 is 2.12 bits per heavy atom. The number of carbonyl (C=O) groups excluding carboxylic acids is 1. The molecule has 1 amide bonds. The van der Waals surface area contributed by atoms with Crippen LogP contribution in [0.1, 0.15) is 25.8 Å². The fourth-order valence-corrected chi connectivity index (χ4v) is 2.15. The number of amides is 1. The first-order valence-corrected chi connectivity index (χ1v) is 6.57. The van der Waals surface area contributed by atoms with E-state index in [1.165, 1.54) is 0 Å². The number of aryl methyl sites for hydroxylation is 1. The van der Waals surface area contributed by atoms with Crippen molar-refractivity contribution in [3.8, 4) is 0 Å². The van der Waals surface area contributed by atoms with Crippen molar-refractivity contribution in [2.45, 2.75) is 33.2 Å². The van der Waals surface area contributed by atoms with Crippen LogP contribution in [0.3, 0.4) is 0 Å². The first kappa shape index (κ1) is 14.2. The highest BCUT2D eigenvalue weighted by molar-refractivity contribution is 9.10. The molecule has 94 valence electrons. The van der Waals surface area contributed by atoms with Gasteiger partial charge < -0.3 is 11.1 Å². The summed E-state index contributed by atoms with van der Waals surface area (Å²) in [5.41, 5.74) is 7.74. The molecule has 0 heterocycles. The normalized spacial score (nSPS) is 14.2. The van der Waals surface area contributed by atoms with E-state index >= 15 is 0 Å². The van der Waals surface area contributed by atoms with Gasteiger partial charge in [0, 0.05) is 10.2 Å². The molecule has 4 heteroatoms. The minimum absolute atomic E-state index is 0.128. The Balaban J connectivity index is 2.74. The van der Waals surface area contributed by atoms with Gasteiger partial charge in [0.15, 0.2) is 0 Å². The van der Waals surface area contributed by atoms with Crippen LogP contribution >= 0.6 is 15.9 Å². The van der Waals surface area contributed by atoms with E-state index in [1.54, 1.807) is 0 Å². The van der Waals surface area contributed by atoms with Crippen LogP contribution in [0.2, 0.25) is 0 Å². The van der Waals surface area contributed by atoms with Crippen LogP contribution in [0.5, 0.6) is 0 Å². The molecule has 2 atom stereocenters. The number of hydrogen-bond donors (Lipinski definition) is 2. The van der Waals surface area contributed by atoms with Crippen LogP contribution in [0.4, 0.5) is 5.69 Å². The van der Waals surface area contributed by atoms with Crippen LogP contribution in [0.15, 0.2) is 22.7 Å². The molecule has 0 aliphatic heterocycles. The van der Waals surface area contributed by atoms with Gasteiger partial charge in [0.1, 0.15) is 0 Å². The number of benzene rings is 1.